The summed E-state index contributed by atoms with van der Waals surface area (Å²) in [4.78, 5) is 13.2. The Hall–Kier alpha value is -2.01. The van der Waals surface area contributed by atoms with Gasteiger partial charge in [0.15, 0.2) is 0 Å². The number of carbonyl (C=O) groups is 1. The van der Waals surface area contributed by atoms with E-state index in [2.05, 4.69) is 12.1 Å². The zero-order valence-electron chi connectivity index (χ0n) is 11.2. The smallest absolute Gasteiger partial charge is 0.338 e. The molecule has 1 atom stereocenters. The van der Waals surface area contributed by atoms with Crippen LogP contribution in [0.4, 0.5) is 10.1 Å². The summed E-state index contributed by atoms with van der Waals surface area (Å²) in [6.07, 6.45) is 0. The maximum atomic E-state index is 13.3. The second-order valence-electron chi connectivity index (χ2n) is 4.88. The van der Waals surface area contributed by atoms with Crippen molar-refractivity contribution in [2.45, 2.75) is 10.8 Å². The van der Waals surface area contributed by atoms with Crippen molar-refractivity contribution < 1.29 is 13.9 Å². The molecule has 0 aliphatic carbocycles. The molecule has 0 spiro atoms. The molecule has 0 amide bonds. The Morgan fingerprint density at radius 2 is 2.14 bits per heavy atom. The van der Waals surface area contributed by atoms with Crippen molar-refractivity contribution in [3.05, 3.63) is 59.4 Å². The molecule has 2 aromatic rings. The predicted molar refractivity (Wildman–Crippen MR) is 81.0 cm³/mol. The average molecular weight is 303 g/mol. The van der Waals surface area contributed by atoms with Crippen molar-refractivity contribution in [1.82, 2.24) is 0 Å². The molecule has 0 saturated carbocycles. The van der Waals surface area contributed by atoms with E-state index in [4.69, 9.17) is 10.5 Å². The molecule has 1 heterocycles. The first-order chi connectivity index (χ1) is 10.1. The summed E-state index contributed by atoms with van der Waals surface area (Å²) in [6, 6.07) is 12.0. The molecule has 1 unspecified atom stereocenters. The van der Waals surface area contributed by atoms with Crippen LogP contribution in [-0.2, 0) is 4.74 Å². The maximum Gasteiger partial charge on any atom is 0.338 e. The van der Waals surface area contributed by atoms with Gasteiger partial charge >= 0.3 is 5.97 Å². The van der Waals surface area contributed by atoms with Gasteiger partial charge in [0.05, 0.1) is 17.9 Å². The van der Waals surface area contributed by atoms with Gasteiger partial charge in [0.1, 0.15) is 5.82 Å². The van der Waals surface area contributed by atoms with Gasteiger partial charge in [-0.2, -0.15) is 0 Å². The molecule has 1 aliphatic rings. The monoisotopic (exact) mass is 303 g/mol. The number of thioether (sulfide) groups is 1. The number of ether oxygens (including phenoxy) is 1. The first-order valence-electron chi connectivity index (χ1n) is 6.59. The lowest BCUT2D eigenvalue weighted by atomic mass is 10.0. The fraction of sp³-hybridized carbons (Fsp3) is 0.188. The molecule has 0 radical (unpaired) electrons. The number of nitrogen functional groups attached to an aromatic ring is 1. The third-order valence-corrected chi connectivity index (χ3v) is 4.70. The lowest BCUT2D eigenvalue weighted by molar-refractivity contribution is 0.0487. The first-order valence-corrected chi connectivity index (χ1v) is 7.57. The van der Waals surface area contributed by atoms with Gasteiger partial charge in [-0.1, -0.05) is 18.2 Å². The molecule has 3 rings (SSSR count). The van der Waals surface area contributed by atoms with Crippen molar-refractivity contribution in [2.24, 2.45) is 0 Å². The largest absolute Gasteiger partial charge is 0.461 e. The number of hydrogen-bond acceptors (Lipinski definition) is 4. The highest BCUT2D eigenvalue weighted by Crippen LogP contribution is 2.39. The number of esters is 1. The summed E-state index contributed by atoms with van der Waals surface area (Å²) in [6.45, 7) is 0.300. The van der Waals surface area contributed by atoms with E-state index in [1.807, 2.05) is 12.1 Å². The summed E-state index contributed by atoms with van der Waals surface area (Å²) < 4.78 is 18.6. The molecule has 0 saturated heterocycles. The van der Waals surface area contributed by atoms with E-state index in [1.54, 1.807) is 11.8 Å². The van der Waals surface area contributed by atoms with Crippen LogP contribution >= 0.6 is 11.8 Å². The fourth-order valence-electron chi connectivity index (χ4n) is 2.28. The Balaban J connectivity index is 1.66. The highest BCUT2D eigenvalue weighted by molar-refractivity contribution is 7.99. The Morgan fingerprint density at radius 1 is 1.33 bits per heavy atom. The van der Waals surface area contributed by atoms with Crippen LogP contribution in [0.25, 0.3) is 0 Å². The predicted octanol–water partition coefficient (Wildman–Crippen LogP) is 3.45. The number of hydrogen-bond donors (Lipinski definition) is 1. The molecule has 5 heteroatoms. The summed E-state index contributed by atoms with van der Waals surface area (Å²) in [7, 11) is 0. The lowest BCUT2D eigenvalue weighted by Gasteiger charge is -2.11. The van der Waals surface area contributed by atoms with Gasteiger partial charge in [0.2, 0.25) is 0 Å². The SMILES string of the molecule is Nc1ccc(C(=O)OCC2CSc3ccccc32)cc1F. The summed E-state index contributed by atoms with van der Waals surface area (Å²) >= 11 is 1.76. The summed E-state index contributed by atoms with van der Waals surface area (Å²) in [5.41, 5.74) is 6.79. The molecule has 2 N–H and O–H groups in total. The molecule has 3 nitrogen and oxygen atoms in total. The molecule has 0 aromatic heterocycles. The van der Waals surface area contributed by atoms with Crippen molar-refractivity contribution in [3.63, 3.8) is 0 Å². The van der Waals surface area contributed by atoms with Crippen LogP contribution in [0, 0.1) is 5.82 Å². The van der Waals surface area contributed by atoms with E-state index in [0.717, 1.165) is 11.8 Å². The zero-order valence-corrected chi connectivity index (χ0v) is 12.0. The molecule has 0 fully saturated rings. The van der Waals surface area contributed by atoms with Crippen LogP contribution in [0.5, 0.6) is 0 Å². The minimum Gasteiger partial charge on any atom is -0.461 e. The molecular formula is C16H14FNO2S. The minimum absolute atomic E-state index is 0.0210. The van der Waals surface area contributed by atoms with E-state index in [-0.39, 0.29) is 17.2 Å². The van der Waals surface area contributed by atoms with E-state index < -0.39 is 11.8 Å². The third-order valence-electron chi connectivity index (χ3n) is 3.45. The number of fused-ring (bicyclic) bond motifs is 1. The van der Waals surface area contributed by atoms with Gasteiger partial charge in [-0.3, -0.25) is 0 Å². The lowest BCUT2D eigenvalue weighted by Crippen LogP contribution is -2.13. The average Bonchev–Trinajstić information content (AvgIpc) is 2.91. The number of carbonyl (C=O) groups excluding carboxylic acids is 1. The Labute approximate surface area is 126 Å². The highest BCUT2D eigenvalue weighted by atomic mass is 32.2. The second kappa shape index (κ2) is 5.77. The van der Waals surface area contributed by atoms with E-state index in [9.17, 15) is 9.18 Å². The Morgan fingerprint density at radius 3 is 2.95 bits per heavy atom. The minimum atomic E-state index is -0.605. The molecule has 0 bridgehead atoms. The molecule has 21 heavy (non-hydrogen) atoms. The molecule has 2 aromatic carbocycles. The van der Waals surface area contributed by atoms with Crippen LogP contribution < -0.4 is 5.73 Å². The number of benzene rings is 2. The Kier molecular flexibility index (Phi) is 3.84. The number of nitrogens with two attached hydrogens (primary N) is 1. The quantitative estimate of drug-likeness (QED) is 0.697. The molecular weight excluding hydrogens is 289 g/mol. The molecule has 1 aliphatic heterocycles. The highest BCUT2D eigenvalue weighted by Gasteiger charge is 2.24. The van der Waals surface area contributed by atoms with Crippen molar-refractivity contribution in [3.8, 4) is 0 Å². The van der Waals surface area contributed by atoms with E-state index in [1.165, 1.54) is 22.6 Å². The van der Waals surface area contributed by atoms with Crippen LogP contribution in [0.2, 0.25) is 0 Å². The fourth-order valence-corrected chi connectivity index (χ4v) is 3.51. The first kappa shape index (κ1) is 13.9. The van der Waals surface area contributed by atoms with Gasteiger partial charge in [0.25, 0.3) is 0 Å². The van der Waals surface area contributed by atoms with Crippen molar-refractivity contribution in [2.75, 3.05) is 18.1 Å². The summed E-state index contributed by atoms with van der Waals surface area (Å²) in [5, 5.41) is 0. The van der Waals surface area contributed by atoms with Gasteiger partial charge in [-0.25, -0.2) is 9.18 Å². The maximum absolute atomic E-state index is 13.3. The van der Waals surface area contributed by atoms with E-state index in [0.29, 0.717) is 6.61 Å². The van der Waals surface area contributed by atoms with Crippen LogP contribution in [0.15, 0.2) is 47.4 Å². The van der Waals surface area contributed by atoms with Gasteiger partial charge < -0.3 is 10.5 Å². The van der Waals surface area contributed by atoms with Gasteiger partial charge in [-0.15, -0.1) is 11.8 Å². The standard InChI is InChI=1S/C16H14FNO2S/c17-13-7-10(5-6-14(13)18)16(19)20-8-11-9-21-15-4-2-1-3-12(11)15/h1-7,11H,8-9,18H2. The number of halogens is 1. The van der Waals surface area contributed by atoms with Gasteiger partial charge in [0, 0.05) is 16.6 Å². The van der Waals surface area contributed by atoms with Crippen LogP contribution in [0.1, 0.15) is 21.8 Å². The number of rotatable bonds is 3. The molecule has 108 valence electrons. The zero-order chi connectivity index (χ0) is 14.8. The normalized spacial score (nSPS) is 16.5. The van der Waals surface area contributed by atoms with Crippen LogP contribution in [0.3, 0.4) is 0 Å². The van der Waals surface area contributed by atoms with Crippen LogP contribution in [-0.4, -0.2) is 18.3 Å². The van der Waals surface area contributed by atoms with Crippen molar-refractivity contribution >= 4 is 23.4 Å². The van der Waals surface area contributed by atoms with Crippen molar-refractivity contribution in [1.29, 1.82) is 0 Å². The second-order valence-corrected chi connectivity index (χ2v) is 5.94. The van der Waals surface area contributed by atoms with E-state index >= 15 is 0 Å². The number of anilines is 1. The van der Waals surface area contributed by atoms with Gasteiger partial charge in [-0.05, 0) is 29.8 Å². The summed E-state index contributed by atoms with van der Waals surface area (Å²) in [5.74, 6) is -0.0498. The Bertz CT molecular complexity index is 690. The third kappa shape index (κ3) is 2.88. The topological polar surface area (TPSA) is 52.3 Å².